The smallest absolute Gasteiger partial charge is 0.253 e. The minimum Gasteiger partial charge on any atom is -0.340 e. The largest absolute Gasteiger partial charge is 0.340 e. The van der Waals surface area contributed by atoms with Gasteiger partial charge in [-0.2, -0.15) is 0 Å². The summed E-state index contributed by atoms with van der Waals surface area (Å²) in [5.41, 5.74) is 0.955. The van der Waals surface area contributed by atoms with E-state index in [1.165, 1.54) is 0 Å². The number of hydrogen-bond acceptors (Lipinski definition) is 2. The second kappa shape index (κ2) is 5.20. The highest BCUT2D eigenvalue weighted by molar-refractivity contribution is 9.10. The number of piperazine rings is 1. The second-order valence-corrected chi connectivity index (χ2v) is 6.34. The lowest BCUT2D eigenvalue weighted by Crippen LogP contribution is -2.68. The lowest BCUT2D eigenvalue weighted by molar-refractivity contribution is -0.137. The van der Waals surface area contributed by atoms with Gasteiger partial charge in [-0.3, -0.25) is 14.5 Å². The third kappa shape index (κ3) is 2.35. The van der Waals surface area contributed by atoms with E-state index in [1.807, 2.05) is 32.0 Å². The van der Waals surface area contributed by atoms with Gasteiger partial charge in [-0.05, 0) is 60.8 Å². The van der Waals surface area contributed by atoms with Gasteiger partial charge in [0, 0.05) is 4.47 Å². The molecule has 1 heterocycles. The van der Waals surface area contributed by atoms with Crippen LogP contribution in [-0.4, -0.2) is 23.4 Å². The number of rotatable bonds is 2. The molecule has 1 aliphatic heterocycles. The Hall–Kier alpha value is -1.36. The summed E-state index contributed by atoms with van der Waals surface area (Å²) < 4.78 is 0.816. The number of carbonyl (C=O) groups is 2. The maximum absolute atomic E-state index is 12.8. The molecule has 1 aromatic carbocycles. The molecule has 0 aromatic heterocycles. The van der Waals surface area contributed by atoms with Crippen LogP contribution in [0.4, 0.5) is 5.69 Å². The van der Waals surface area contributed by atoms with E-state index in [9.17, 15) is 9.59 Å². The maximum Gasteiger partial charge on any atom is 0.253 e. The fraction of sp³-hybridized carbons (Fsp3) is 0.467. The first-order valence-electron chi connectivity index (χ1n) is 6.72. The Morgan fingerprint density at radius 2 is 2.05 bits per heavy atom. The van der Waals surface area contributed by atoms with E-state index in [4.69, 9.17) is 0 Å². The summed E-state index contributed by atoms with van der Waals surface area (Å²) in [7, 11) is 0. The van der Waals surface area contributed by atoms with Gasteiger partial charge in [0.05, 0.1) is 5.69 Å². The highest BCUT2D eigenvalue weighted by atomic mass is 79.9. The zero-order valence-electron chi connectivity index (χ0n) is 12.2. The van der Waals surface area contributed by atoms with Crippen molar-refractivity contribution < 1.29 is 9.59 Å². The average Bonchev–Trinajstić information content (AvgIpc) is 2.41. The Labute approximate surface area is 127 Å². The van der Waals surface area contributed by atoms with Gasteiger partial charge in [-0.25, -0.2) is 0 Å². The van der Waals surface area contributed by atoms with E-state index < -0.39 is 11.6 Å². The van der Waals surface area contributed by atoms with Gasteiger partial charge in [-0.1, -0.05) is 13.0 Å². The van der Waals surface area contributed by atoms with Crippen molar-refractivity contribution in [2.24, 2.45) is 0 Å². The van der Waals surface area contributed by atoms with Crippen LogP contribution >= 0.6 is 15.9 Å². The molecule has 0 spiro atoms. The minimum atomic E-state index is -0.840. The molecule has 1 fully saturated rings. The number of halogens is 1. The highest BCUT2D eigenvalue weighted by Crippen LogP contribution is 2.33. The third-order valence-electron chi connectivity index (χ3n) is 3.92. The number of nitrogens with zero attached hydrogens (tertiary/aromatic N) is 1. The average molecular weight is 339 g/mol. The van der Waals surface area contributed by atoms with Crippen molar-refractivity contribution in [3.05, 3.63) is 28.2 Å². The van der Waals surface area contributed by atoms with Gasteiger partial charge in [0.15, 0.2) is 0 Å². The van der Waals surface area contributed by atoms with Gasteiger partial charge in [0.1, 0.15) is 11.6 Å². The molecule has 1 saturated heterocycles. The van der Waals surface area contributed by atoms with Crippen molar-refractivity contribution in [1.29, 1.82) is 0 Å². The van der Waals surface area contributed by atoms with Crippen molar-refractivity contribution >= 4 is 33.4 Å². The Bertz CT molecular complexity index is 573. The van der Waals surface area contributed by atoms with Crippen LogP contribution in [0, 0.1) is 6.92 Å². The van der Waals surface area contributed by atoms with Crippen LogP contribution in [0.1, 0.15) is 32.8 Å². The van der Waals surface area contributed by atoms with Crippen molar-refractivity contribution in [3.63, 3.8) is 0 Å². The van der Waals surface area contributed by atoms with E-state index in [2.05, 4.69) is 21.2 Å². The van der Waals surface area contributed by atoms with E-state index >= 15 is 0 Å². The fourth-order valence-corrected chi connectivity index (χ4v) is 2.79. The lowest BCUT2D eigenvalue weighted by Gasteiger charge is -2.43. The number of carbonyl (C=O) groups excluding carboxylic acids is 2. The second-order valence-electron chi connectivity index (χ2n) is 5.48. The number of benzene rings is 1. The number of aryl methyl sites for hydroxylation is 1. The molecule has 1 aromatic rings. The standard InChI is InChI=1S/C15H19BrN2O2/c1-5-15(4)14(20)18(10(3)13(19)17-15)12-8-9(2)6-7-11(12)16/h6-8,10H,5H2,1-4H3,(H,17,19). The summed E-state index contributed by atoms with van der Waals surface area (Å²) in [5, 5.41) is 2.83. The first kappa shape index (κ1) is 15.0. The first-order chi connectivity index (χ1) is 9.30. The molecule has 0 bridgehead atoms. The van der Waals surface area contributed by atoms with Gasteiger partial charge < -0.3 is 5.32 Å². The summed E-state index contributed by atoms with van der Waals surface area (Å²) >= 11 is 3.47. The SMILES string of the molecule is CCC1(C)NC(=O)C(C)N(c2cc(C)ccc2Br)C1=O. The topological polar surface area (TPSA) is 49.4 Å². The zero-order valence-corrected chi connectivity index (χ0v) is 13.7. The summed E-state index contributed by atoms with van der Waals surface area (Å²) in [6, 6.07) is 5.28. The molecule has 2 rings (SSSR count). The summed E-state index contributed by atoms with van der Waals surface area (Å²) in [4.78, 5) is 26.6. The molecule has 5 heteroatoms. The normalized spacial score (nSPS) is 26.6. The molecular formula is C15H19BrN2O2. The van der Waals surface area contributed by atoms with Crippen LogP contribution in [-0.2, 0) is 9.59 Å². The molecule has 2 atom stereocenters. The molecule has 2 unspecified atom stereocenters. The Morgan fingerprint density at radius 1 is 1.40 bits per heavy atom. The predicted octanol–water partition coefficient (Wildman–Crippen LogP) is 2.78. The molecule has 4 nitrogen and oxygen atoms in total. The molecule has 0 radical (unpaired) electrons. The number of amides is 2. The third-order valence-corrected chi connectivity index (χ3v) is 4.60. The molecule has 0 saturated carbocycles. The van der Waals surface area contributed by atoms with Crippen LogP contribution in [0.25, 0.3) is 0 Å². The van der Waals surface area contributed by atoms with E-state index in [1.54, 1.807) is 18.7 Å². The van der Waals surface area contributed by atoms with E-state index in [-0.39, 0.29) is 11.8 Å². The summed E-state index contributed by atoms with van der Waals surface area (Å²) in [6.45, 7) is 7.39. The van der Waals surface area contributed by atoms with Crippen molar-refractivity contribution in [1.82, 2.24) is 5.32 Å². The molecule has 108 valence electrons. The minimum absolute atomic E-state index is 0.0709. The zero-order chi connectivity index (χ0) is 15.1. The molecule has 0 aliphatic carbocycles. The van der Waals surface area contributed by atoms with Gasteiger partial charge in [0.25, 0.3) is 5.91 Å². The van der Waals surface area contributed by atoms with Crippen LogP contribution in [0.3, 0.4) is 0 Å². The monoisotopic (exact) mass is 338 g/mol. The Balaban J connectivity index is 2.54. The first-order valence-corrected chi connectivity index (χ1v) is 7.51. The Morgan fingerprint density at radius 3 is 2.65 bits per heavy atom. The Kier molecular flexibility index (Phi) is 3.91. The van der Waals surface area contributed by atoms with E-state index in [0.29, 0.717) is 6.42 Å². The summed E-state index contributed by atoms with van der Waals surface area (Å²) in [5.74, 6) is -0.194. The quantitative estimate of drug-likeness (QED) is 0.901. The molecule has 2 amide bonds. The van der Waals surface area contributed by atoms with Gasteiger partial charge >= 0.3 is 0 Å². The molecule has 1 aliphatic rings. The lowest BCUT2D eigenvalue weighted by atomic mass is 9.91. The van der Waals surface area contributed by atoms with Crippen LogP contribution in [0.15, 0.2) is 22.7 Å². The highest BCUT2D eigenvalue weighted by Gasteiger charge is 2.46. The molecular weight excluding hydrogens is 320 g/mol. The van der Waals surface area contributed by atoms with Crippen LogP contribution in [0.5, 0.6) is 0 Å². The van der Waals surface area contributed by atoms with E-state index in [0.717, 1.165) is 15.7 Å². The number of hydrogen-bond donors (Lipinski definition) is 1. The van der Waals surface area contributed by atoms with Crippen LogP contribution < -0.4 is 10.2 Å². The number of nitrogens with one attached hydrogen (secondary N) is 1. The van der Waals surface area contributed by atoms with Gasteiger partial charge in [0.2, 0.25) is 5.91 Å². The fourth-order valence-electron chi connectivity index (χ4n) is 2.35. The number of anilines is 1. The summed E-state index contributed by atoms with van der Waals surface area (Å²) in [6.07, 6.45) is 0.560. The maximum atomic E-state index is 12.8. The van der Waals surface area contributed by atoms with Crippen LogP contribution in [0.2, 0.25) is 0 Å². The van der Waals surface area contributed by atoms with Crippen molar-refractivity contribution in [3.8, 4) is 0 Å². The van der Waals surface area contributed by atoms with Crippen molar-refractivity contribution in [2.75, 3.05) is 4.90 Å². The molecule has 20 heavy (non-hydrogen) atoms. The molecule has 1 N–H and O–H groups in total. The van der Waals surface area contributed by atoms with Gasteiger partial charge in [-0.15, -0.1) is 0 Å². The van der Waals surface area contributed by atoms with Crippen molar-refractivity contribution in [2.45, 2.75) is 45.7 Å². The predicted molar refractivity (Wildman–Crippen MR) is 82.7 cm³/mol.